The molecule has 1 aromatic rings. The van der Waals surface area contributed by atoms with Crippen LogP contribution < -0.4 is 4.90 Å². The Morgan fingerprint density at radius 2 is 2.18 bits per heavy atom. The molecule has 0 amide bonds. The van der Waals surface area contributed by atoms with Crippen molar-refractivity contribution in [2.75, 3.05) is 11.4 Å². The maximum absolute atomic E-state index is 6.06. The van der Waals surface area contributed by atoms with Crippen molar-refractivity contribution in [1.29, 1.82) is 0 Å². The number of benzene rings is 1. The normalized spacial score (nSPS) is 25.1. The Kier molecular flexibility index (Phi) is 4.37. The highest BCUT2D eigenvalue weighted by atomic mass is 79.9. The summed E-state index contributed by atoms with van der Waals surface area (Å²) in [4.78, 5) is 2.51. The van der Waals surface area contributed by atoms with E-state index in [0.717, 1.165) is 16.9 Å². The second kappa shape index (κ2) is 5.62. The third-order valence-electron chi connectivity index (χ3n) is 3.87. The lowest BCUT2D eigenvalue weighted by atomic mass is 9.91. The van der Waals surface area contributed by atoms with Gasteiger partial charge in [0.2, 0.25) is 0 Å². The molecule has 2 rings (SSSR count). The van der Waals surface area contributed by atoms with Gasteiger partial charge in [0.25, 0.3) is 0 Å². The first-order valence-electron chi connectivity index (χ1n) is 6.24. The van der Waals surface area contributed by atoms with E-state index >= 15 is 0 Å². The van der Waals surface area contributed by atoms with Crippen LogP contribution in [-0.4, -0.2) is 12.6 Å². The summed E-state index contributed by atoms with van der Waals surface area (Å²) in [5.74, 6) is 1.34. The minimum absolute atomic E-state index is 0.576. The van der Waals surface area contributed by atoms with Crippen molar-refractivity contribution in [3.8, 4) is 0 Å². The largest absolute Gasteiger partial charge is 0.368 e. The summed E-state index contributed by atoms with van der Waals surface area (Å²) in [6, 6.07) is 7.04. The Balaban J connectivity index is 2.32. The molecule has 1 aliphatic rings. The molecule has 0 aromatic heterocycles. The first kappa shape index (κ1) is 13.2. The van der Waals surface area contributed by atoms with Gasteiger partial charge in [0, 0.05) is 28.6 Å². The topological polar surface area (TPSA) is 3.24 Å². The Morgan fingerprint density at radius 1 is 1.41 bits per heavy atom. The highest BCUT2D eigenvalue weighted by molar-refractivity contribution is 9.10. The van der Waals surface area contributed by atoms with Crippen molar-refractivity contribution in [3.05, 3.63) is 28.2 Å². The summed E-state index contributed by atoms with van der Waals surface area (Å²) in [5, 5.41) is 0. The average molecular weight is 317 g/mol. The van der Waals surface area contributed by atoms with Crippen LogP contribution in [0.4, 0.5) is 5.69 Å². The van der Waals surface area contributed by atoms with E-state index in [-0.39, 0.29) is 0 Å². The fourth-order valence-corrected chi connectivity index (χ4v) is 3.24. The summed E-state index contributed by atoms with van der Waals surface area (Å²) >= 11 is 9.57. The van der Waals surface area contributed by atoms with E-state index in [2.05, 4.69) is 52.9 Å². The van der Waals surface area contributed by atoms with Gasteiger partial charge in [0.1, 0.15) is 0 Å². The molecule has 0 saturated carbocycles. The van der Waals surface area contributed by atoms with E-state index in [1.807, 2.05) is 0 Å². The summed E-state index contributed by atoms with van der Waals surface area (Å²) in [7, 11) is 0. The Morgan fingerprint density at radius 3 is 2.88 bits per heavy atom. The van der Waals surface area contributed by atoms with Crippen LogP contribution in [0.5, 0.6) is 0 Å². The zero-order chi connectivity index (χ0) is 12.4. The first-order valence-corrected chi connectivity index (χ1v) is 7.57. The van der Waals surface area contributed by atoms with Crippen molar-refractivity contribution in [2.24, 2.45) is 5.92 Å². The molecule has 1 nitrogen and oxygen atoms in total. The minimum atomic E-state index is 0.576. The molecule has 94 valence electrons. The van der Waals surface area contributed by atoms with E-state index in [9.17, 15) is 0 Å². The molecule has 1 heterocycles. The lowest BCUT2D eigenvalue weighted by molar-refractivity contribution is 0.363. The van der Waals surface area contributed by atoms with Gasteiger partial charge in [0.05, 0.1) is 0 Å². The zero-order valence-electron chi connectivity index (χ0n) is 10.4. The molecule has 0 bridgehead atoms. The molecule has 0 spiro atoms. The second-order valence-electron chi connectivity index (χ2n) is 4.96. The fraction of sp³-hybridized carbons (Fsp3) is 0.571. The lowest BCUT2D eigenvalue weighted by Gasteiger charge is -2.40. The highest BCUT2D eigenvalue weighted by Crippen LogP contribution is 2.32. The summed E-state index contributed by atoms with van der Waals surface area (Å²) in [6.45, 7) is 5.82. The minimum Gasteiger partial charge on any atom is -0.368 e. The molecule has 0 radical (unpaired) electrons. The van der Waals surface area contributed by atoms with Crippen LogP contribution in [0.3, 0.4) is 0 Å². The van der Waals surface area contributed by atoms with Gasteiger partial charge in [-0.15, -0.1) is 11.6 Å². The molecule has 2 atom stereocenters. The average Bonchev–Trinajstić information content (AvgIpc) is 2.33. The van der Waals surface area contributed by atoms with Crippen LogP contribution in [0.15, 0.2) is 22.7 Å². The maximum atomic E-state index is 6.06. The molecule has 1 saturated heterocycles. The predicted octanol–water partition coefficient (Wildman–Crippen LogP) is 4.81. The number of rotatable bonds is 2. The van der Waals surface area contributed by atoms with Crippen molar-refractivity contribution in [3.63, 3.8) is 0 Å². The Hall–Kier alpha value is -0.210. The van der Waals surface area contributed by atoms with Gasteiger partial charge in [-0.2, -0.15) is 0 Å². The van der Waals surface area contributed by atoms with Crippen molar-refractivity contribution < 1.29 is 0 Å². The maximum Gasteiger partial charge on any atom is 0.0494 e. The van der Waals surface area contributed by atoms with Gasteiger partial charge in [0.15, 0.2) is 0 Å². The van der Waals surface area contributed by atoms with Crippen LogP contribution in [0.1, 0.15) is 32.3 Å². The first-order chi connectivity index (χ1) is 8.13. The summed E-state index contributed by atoms with van der Waals surface area (Å²) < 4.78 is 1.11. The third kappa shape index (κ3) is 2.79. The monoisotopic (exact) mass is 315 g/mol. The SMILES string of the molecule is CC1CCCN(c2ccc(Br)cc2CCl)C1C. The molecule has 2 unspecified atom stereocenters. The highest BCUT2D eigenvalue weighted by Gasteiger charge is 2.26. The fourth-order valence-electron chi connectivity index (χ4n) is 2.62. The molecule has 17 heavy (non-hydrogen) atoms. The Labute approximate surface area is 117 Å². The number of hydrogen-bond donors (Lipinski definition) is 0. The van der Waals surface area contributed by atoms with E-state index in [1.54, 1.807) is 0 Å². The Bertz CT molecular complexity index is 394. The molecule has 3 heteroatoms. The van der Waals surface area contributed by atoms with Crippen LogP contribution in [0.2, 0.25) is 0 Å². The number of nitrogens with zero attached hydrogens (tertiary/aromatic N) is 1. The quantitative estimate of drug-likeness (QED) is 0.708. The van der Waals surface area contributed by atoms with Gasteiger partial charge < -0.3 is 4.90 Å². The standard InChI is InChI=1S/C14H19BrClN/c1-10-4-3-7-17(11(10)2)14-6-5-13(15)8-12(14)9-16/h5-6,8,10-11H,3-4,7,9H2,1-2H3. The van der Waals surface area contributed by atoms with Crippen LogP contribution in [-0.2, 0) is 5.88 Å². The molecule has 0 aliphatic carbocycles. The summed E-state index contributed by atoms with van der Waals surface area (Å²) in [5.41, 5.74) is 2.53. The number of alkyl halides is 1. The molecule has 1 aromatic carbocycles. The number of halogens is 2. The third-order valence-corrected chi connectivity index (χ3v) is 4.65. The van der Waals surface area contributed by atoms with Gasteiger partial charge in [-0.3, -0.25) is 0 Å². The molecule has 1 aliphatic heterocycles. The molecule has 1 fully saturated rings. The van der Waals surface area contributed by atoms with E-state index in [1.165, 1.54) is 24.1 Å². The van der Waals surface area contributed by atoms with E-state index < -0.39 is 0 Å². The van der Waals surface area contributed by atoms with Gasteiger partial charge in [-0.25, -0.2) is 0 Å². The van der Waals surface area contributed by atoms with E-state index in [4.69, 9.17) is 11.6 Å². The lowest BCUT2D eigenvalue weighted by Crippen LogP contribution is -2.42. The smallest absolute Gasteiger partial charge is 0.0494 e. The number of piperidine rings is 1. The zero-order valence-corrected chi connectivity index (χ0v) is 12.8. The molecule has 0 N–H and O–H groups in total. The van der Waals surface area contributed by atoms with Gasteiger partial charge >= 0.3 is 0 Å². The van der Waals surface area contributed by atoms with Crippen LogP contribution in [0, 0.1) is 5.92 Å². The van der Waals surface area contributed by atoms with Crippen LogP contribution >= 0.6 is 27.5 Å². The number of anilines is 1. The predicted molar refractivity (Wildman–Crippen MR) is 78.9 cm³/mol. The van der Waals surface area contributed by atoms with Crippen molar-refractivity contribution in [1.82, 2.24) is 0 Å². The summed E-state index contributed by atoms with van der Waals surface area (Å²) in [6.07, 6.45) is 2.62. The van der Waals surface area contributed by atoms with Crippen molar-refractivity contribution >= 4 is 33.2 Å². The van der Waals surface area contributed by atoms with Gasteiger partial charge in [-0.05, 0) is 49.4 Å². The van der Waals surface area contributed by atoms with Crippen LogP contribution in [0.25, 0.3) is 0 Å². The molecular formula is C14H19BrClN. The number of hydrogen-bond acceptors (Lipinski definition) is 1. The second-order valence-corrected chi connectivity index (χ2v) is 6.14. The van der Waals surface area contributed by atoms with E-state index in [0.29, 0.717) is 11.9 Å². The van der Waals surface area contributed by atoms with Crippen molar-refractivity contribution in [2.45, 2.75) is 38.6 Å². The molecular weight excluding hydrogens is 298 g/mol. The van der Waals surface area contributed by atoms with Gasteiger partial charge in [-0.1, -0.05) is 22.9 Å².